The van der Waals surface area contributed by atoms with Crippen LogP contribution in [0.4, 0.5) is 0 Å². The Morgan fingerprint density at radius 2 is 1.12 bits per heavy atom. The number of nitrogens with zero attached hydrogens (tertiary/aromatic N) is 1. The van der Waals surface area contributed by atoms with E-state index in [4.69, 9.17) is 16.4 Å². The van der Waals surface area contributed by atoms with Crippen molar-refractivity contribution >= 4 is 25.5 Å². The Morgan fingerprint density at radius 3 is 1.54 bits per heavy atom. The van der Waals surface area contributed by atoms with E-state index in [9.17, 15) is 16.8 Å². The van der Waals surface area contributed by atoms with E-state index in [2.05, 4.69) is 6.07 Å². The largest absolute Gasteiger partial charge is 0.388 e. The van der Waals surface area contributed by atoms with Crippen molar-refractivity contribution < 1.29 is 16.8 Å². The molecule has 0 amide bonds. The molecule has 252 valence electrons. The normalized spacial score (nSPS) is 16.9. The third kappa shape index (κ3) is 8.41. The molecule has 0 heterocycles. The molecular weight excluding hydrogens is 639 g/mol. The number of rotatable bonds is 9. The average Bonchev–Trinajstić information content (AvgIpc) is 3.10. The van der Waals surface area contributed by atoms with Gasteiger partial charge in [0.05, 0.1) is 31.5 Å². The highest BCUT2D eigenvalue weighted by molar-refractivity contribution is 7.91. The lowest BCUT2D eigenvalue weighted by Crippen LogP contribution is -2.15. The van der Waals surface area contributed by atoms with E-state index in [-0.39, 0.29) is 13.3 Å². The van der Waals surface area contributed by atoms with Gasteiger partial charge in [-0.2, -0.15) is 5.26 Å². The van der Waals surface area contributed by atoms with Gasteiger partial charge in [-0.3, -0.25) is 5.41 Å². The smallest absolute Gasteiger partial charge is 0.206 e. The Hall–Kier alpha value is -4.26. The van der Waals surface area contributed by atoms with Crippen molar-refractivity contribution in [2.24, 2.45) is 5.73 Å². The fraction of sp³-hybridized carbons (Fsp3) is 0.333. The summed E-state index contributed by atoms with van der Waals surface area (Å²) in [6.45, 7) is 0. The topological polar surface area (TPSA) is 142 Å². The second kappa shape index (κ2) is 16.2. The van der Waals surface area contributed by atoms with Gasteiger partial charge in [-0.1, -0.05) is 56.0 Å². The lowest BCUT2D eigenvalue weighted by atomic mass is 9.80. The molecule has 0 saturated heterocycles. The van der Waals surface area contributed by atoms with Gasteiger partial charge >= 0.3 is 0 Å². The molecule has 4 aromatic carbocycles. The first kappa shape index (κ1) is 36.6. The van der Waals surface area contributed by atoms with Crippen molar-refractivity contribution in [1.82, 2.24) is 0 Å². The number of benzene rings is 4. The summed E-state index contributed by atoms with van der Waals surface area (Å²) in [5, 5.41) is 16.2. The van der Waals surface area contributed by atoms with Gasteiger partial charge in [-0.05, 0) is 134 Å². The third-order valence-electron chi connectivity index (χ3n) is 9.20. The van der Waals surface area contributed by atoms with Crippen LogP contribution in [-0.4, -0.2) is 22.7 Å². The Balaban J connectivity index is 0.000000212. The zero-order valence-corrected chi connectivity index (χ0v) is 28.1. The first-order valence-corrected chi connectivity index (χ1v) is 19.1. The highest BCUT2D eigenvalue weighted by Crippen LogP contribution is 2.38. The second-order valence-electron chi connectivity index (χ2n) is 12.3. The number of sulfone groups is 2. The summed E-state index contributed by atoms with van der Waals surface area (Å²) in [5.74, 6) is 0.961. The number of nitrogens with one attached hydrogen (secondary N) is 1. The van der Waals surface area contributed by atoms with Crippen LogP contribution in [0.1, 0.15) is 92.9 Å². The molecule has 2 aliphatic carbocycles. The van der Waals surface area contributed by atoms with E-state index in [1.165, 1.54) is 11.1 Å². The molecule has 0 bridgehead atoms. The fourth-order valence-electron chi connectivity index (χ4n) is 6.76. The van der Waals surface area contributed by atoms with Gasteiger partial charge in [-0.15, -0.1) is 0 Å². The van der Waals surface area contributed by atoms with Crippen molar-refractivity contribution in [2.75, 3.05) is 0 Å². The Kier molecular flexibility index (Phi) is 12.4. The van der Waals surface area contributed by atoms with Gasteiger partial charge < -0.3 is 5.73 Å². The van der Waals surface area contributed by atoms with Crippen LogP contribution >= 0.6 is 0 Å². The van der Waals surface area contributed by atoms with Crippen LogP contribution in [0.2, 0.25) is 0 Å². The summed E-state index contributed by atoms with van der Waals surface area (Å²) in [6.07, 6.45) is 8.93. The first-order chi connectivity index (χ1) is 22.6. The number of nitriles is 1. The quantitative estimate of drug-likeness (QED) is 0.134. The molecule has 2 atom stereocenters. The Bertz CT molecular complexity index is 1970. The molecule has 0 aliphatic heterocycles. The average molecular weight is 684 g/mol. The van der Waals surface area contributed by atoms with Crippen molar-refractivity contribution in [3.05, 3.63) is 119 Å². The van der Waals surface area contributed by atoms with E-state index in [0.717, 1.165) is 62.5 Å². The molecule has 2 aliphatic rings. The summed E-state index contributed by atoms with van der Waals surface area (Å²) >= 11 is 0. The maximum atomic E-state index is 12.8. The van der Waals surface area contributed by atoms with Gasteiger partial charge in [0.15, 0.2) is 0 Å². The summed E-state index contributed by atoms with van der Waals surface area (Å²) < 4.78 is 51.0. The summed E-state index contributed by atoms with van der Waals surface area (Å²) in [7, 11) is -6.93. The van der Waals surface area contributed by atoms with Gasteiger partial charge in [0.25, 0.3) is 0 Å². The molecule has 0 spiro atoms. The molecule has 0 aromatic heterocycles. The molecule has 4 aromatic rings. The molecule has 9 heteroatoms. The monoisotopic (exact) mass is 683 g/mol. The standard InChI is InChI=1S/C19H22N2O2S.C19H19NO2S.CH4/c20-19(21)12-9-14-5-4-6-15-13-17(10-11-18(14)15)24(22,23)16-7-2-1-3-8-16;20-13-5-8-15-6-4-7-16-14-18(11-12-19(15)16)23(21,22)17-9-2-1-3-10-17;/h1-3,7-8,10-11,13-14H,4-6,9,12H2,(H3,20,21);1-3,9-12,14-15H,4-8H2;1H4. The van der Waals surface area contributed by atoms with Crippen LogP contribution in [-0.2, 0) is 32.5 Å². The molecule has 7 nitrogen and oxygen atoms in total. The summed E-state index contributed by atoms with van der Waals surface area (Å²) in [4.78, 5) is 1.38. The number of hydrogen-bond acceptors (Lipinski definition) is 6. The summed E-state index contributed by atoms with van der Waals surface area (Å²) in [5.41, 5.74) is 10.2. The number of hydrogen-bond donors (Lipinski definition) is 2. The Morgan fingerprint density at radius 1 is 0.688 bits per heavy atom. The van der Waals surface area contributed by atoms with Crippen LogP contribution in [0.3, 0.4) is 0 Å². The molecule has 0 radical (unpaired) electrons. The SMILES string of the molecule is C.N#CCCC1CCCc2cc(S(=O)(=O)c3ccccc3)ccc21.N=C(N)CCC1CCCc2cc(S(=O)(=O)c3ccccc3)ccc21. The molecule has 0 fully saturated rings. The predicted molar refractivity (Wildman–Crippen MR) is 191 cm³/mol. The predicted octanol–water partition coefficient (Wildman–Crippen LogP) is 8.53. The lowest BCUT2D eigenvalue weighted by molar-refractivity contribution is 0.525. The maximum Gasteiger partial charge on any atom is 0.206 e. The lowest BCUT2D eigenvalue weighted by Gasteiger charge is -2.26. The number of aryl methyl sites for hydroxylation is 2. The molecule has 2 unspecified atom stereocenters. The second-order valence-corrected chi connectivity index (χ2v) is 16.2. The molecule has 48 heavy (non-hydrogen) atoms. The third-order valence-corrected chi connectivity index (χ3v) is 12.7. The highest BCUT2D eigenvalue weighted by Gasteiger charge is 2.25. The highest BCUT2D eigenvalue weighted by atomic mass is 32.2. The van der Waals surface area contributed by atoms with E-state index in [0.29, 0.717) is 44.3 Å². The van der Waals surface area contributed by atoms with Crippen LogP contribution in [0.15, 0.2) is 117 Å². The van der Waals surface area contributed by atoms with Gasteiger partial charge in [0, 0.05) is 12.8 Å². The number of fused-ring (bicyclic) bond motifs is 2. The van der Waals surface area contributed by atoms with Crippen LogP contribution in [0.25, 0.3) is 0 Å². The minimum absolute atomic E-state index is 0. The summed E-state index contributed by atoms with van der Waals surface area (Å²) in [6, 6.07) is 30.3. The van der Waals surface area contributed by atoms with Crippen molar-refractivity contribution in [3.8, 4) is 6.07 Å². The van der Waals surface area contributed by atoms with E-state index in [1.54, 1.807) is 60.7 Å². The van der Waals surface area contributed by atoms with Crippen LogP contribution in [0, 0.1) is 16.7 Å². The number of nitrogens with two attached hydrogens (primary N) is 1. The molecule has 3 N–H and O–H groups in total. The minimum atomic E-state index is -3.47. The van der Waals surface area contributed by atoms with Crippen molar-refractivity contribution in [2.45, 2.75) is 103 Å². The molecule has 0 saturated carbocycles. The van der Waals surface area contributed by atoms with Crippen molar-refractivity contribution in [3.63, 3.8) is 0 Å². The van der Waals surface area contributed by atoms with Crippen molar-refractivity contribution in [1.29, 1.82) is 10.7 Å². The van der Waals surface area contributed by atoms with Gasteiger partial charge in [-0.25, -0.2) is 16.8 Å². The van der Waals surface area contributed by atoms with Gasteiger partial charge in [0.2, 0.25) is 19.7 Å². The van der Waals surface area contributed by atoms with E-state index >= 15 is 0 Å². The van der Waals surface area contributed by atoms with Crippen LogP contribution < -0.4 is 5.73 Å². The number of amidine groups is 1. The maximum absolute atomic E-state index is 12.8. The zero-order chi connectivity index (χ0) is 33.4. The minimum Gasteiger partial charge on any atom is -0.388 e. The first-order valence-electron chi connectivity index (χ1n) is 16.2. The Labute approximate surface area is 286 Å². The fourth-order valence-corrected chi connectivity index (χ4v) is 9.42. The van der Waals surface area contributed by atoms with E-state index < -0.39 is 19.7 Å². The molecule has 6 rings (SSSR count). The van der Waals surface area contributed by atoms with E-state index in [1.807, 2.05) is 36.4 Å². The van der Waals surface area contributed by atoms with Crippen LogP contribution in [0.5, 0.6) is 0 Å². The molecular formula is C39H45N3O4S2. The van der Waals surface area contributed by atoms with Gasteiger partial charge in [0.1, 0.15) is 0 Å². The zero-order valence-electron chi connectivity index (χ0n) is 26.4.